The molecule has 9 heteroatoms. The van der Waals surface area contributed by atoms with Crippen LogP contribution in [0.15, 0.2) is 12.1 Å². The third-order valence-electron chi connectivity index (χ3n) is 7.34. The van der Waals surface area contributed by atoms with Crippen molar-refractivity contribution in [2.45, 2.75) is 44.7 Å². The number of nitrogens with one attached hydrogen (secondary N) is 2. The van der Waals surface area contributed by atoms with Gasteiger partial charge in [0.2, 0.25) is 5.91 Å². The fourth-order valence-electron chi connectivity index (χ4n) is 5.06. The van der Waals surface area contributed by atoms with E-state index < -0.39 is 6.04 Å². The molecule has 34 heavy (non-hydrogen) atoms. The molecule has 9 nitrogen and oxygen atoms in total. The number of likely N-dealkylation sites (N-methyl/N-ethyl adjacent to an activating group) is 2. The number of piperidine rings is 1. The second kappa shape index (κ2) is 12.9. The molecule has 0 spiro atoms. The van der Waals surface area contributed by atoms with Crippen LogP contribution in [0.2, 0.25) is 0 Å². The molecule has 2 N–H and O–H groups in total. The number of anilines is 1. The number of carbonyl (C=O) groups excluding carboxylic acids is 3. The van der Waals surface area contributed by atoms with E-state index in [1.165, 1.54) is 6.54 Å². The van der Waals surface area contributed by atoms with Crippen LogP contribution in [0.1, 0.15) is 54.7 Å². The zero-order valence-electron chi connectivity index (χ0n) is 20.8. The van der Waals surface area contributed by atoms with Crippen molar-refractivity contribution >= 4 is 24.3 Å². The first-order valence-corrected chi connectivity index (χ1v) is 12.5. The van der Waals surface area contributed by atoms with E-state index in [1.807, 2.05) is 31.0 Å². The topological polar surface area (TPSA) is 97.9 Å². The van der Waals surface area contributed by atoms with Crippen molar-refractivity contribution in [3.63, 3.8) is 0 Å². The van der Waals surface area contributed by atoms with Crippen molar-refractivity contribution in [1.82, 2.24) is 25.4 Å². The van der Waals surface area contributed by atoms with Crippen LogP contribution >= 0.6 is 0 Å². The van der Waals surface area contributed by atoms with Gasteiger partial charge in [0.15, 0.2) is 6.29 Å². The van der Waals surface area contributed by atoms with Crippen molar-refractivity contribution in [3.8, 4) is 0 Å². The van der Waals surface area contributed by atoms with Gasteiger partial charge in [0.1, 0.15) is 12.1 Å². The first kappa shape index (κ1) is 26.2. The summed E-state index contributed by atoms with van der Waals surface area (Å²) in [5, 5.41) is 6.10. The summed E-state index contributed by atoms with van der Waals surface area (Å²) in [5.74, 6) is 1.44. The highest BCUT2D eigenvalue weighted by atomic mass is 16.2. The van der Waals surface area contributed by atoms with Crippen molar-refractivity contribution < 1.29 is 14.4 Å². The molecule has 0 bridgehead atoms. The number of aromatic nitrogens is 1. The normalized spacial score (nSPS) is 19.6. The van der Waals surface area contributed by atoms with Crippen LogP contribution in [0.3, 0.4) is 0 Å². The van der Waals surface area contributed by atoms with Crippen LogP contribution in [-0.4, -0.2) is 99.2 Å². The van der Waals surface area contributed by atoms with Crippen LogP contribution in [0.4, 0.5) is 5.82 Å². The summed E-state index contributed by atoms with van der Waals surface area (Å²) in [5.41, 5.74) is 1.20. The number of hydrogen-bond acceptors (Lipinski definition) is 8. The molecule has 2 fully saturated rings. The van der Waals surface area contributed by atoms with Gasteiger partial charge in [-0.1, -0.05) is 0 Å². The van der Waals surface area contributed by atoms with E-state index in [2.05, 4.69) is 20.4 Å². The molecule has 2 aliphatic heterocycles. The van der Waals surface area contributed by atoms with Gasteiger partial charge in [0, 0.05) is 64.8 Å². The predicted molar refractivity (Wildman–Crippen MR) is 133 cm³/mol. The molecule has 3 heterocycles. The molecule has 3 rings (SSSR count). The monoisotopic (exact) mass is 472 g/mol. The second-order valence-corrected chi connectivity index (χ2v) is 9.46. The zero-order valence-corrected chi connectivity index (χ0v) is 20.8. The van der Waals surface area contributed by atoms with E-state index in [1.54, 1.807) is 7.05 Å². The van der Waals surface area contributed by atoms with E-state index in [9.17, 15) is 14.4 Å². The lowest BCUT2D eigenvalue weighted by molar-refractivity contribution is -0.126. The van der Waals surface area contributed by atoms with E-state index in [0.717, 1.165) is 70.5 Å². The lowest BCUT2D eigenvalue weighted by Gasteiger charge is -2.37. The lowest BCUT2D eigenvalue weighted by Crippen LogP contribution is -2.47. The van der Waals surface area contributed by atoms with E-state index in [-0.39, 0.29) is 11.9 Å². The van der Waals surface area contributed by atoms with Gasteiger partial charge in [-0.25, -0.2) is 4.98 Å². The highest BCUT2D eigenvalue weighted by molar-refractivity contribution is 5.82. The summed E-state index contributed by atoms with van der Waals surface area (Å²) in [6, 6.07) is 3.02. The van der Waals surface area contributed by atoms with Gasteiger partial charge in [-0.15, -0.1) is 0 Å². The molecule has 0 radical (unpaired) electrons. The van der Waals surface area contributed by atoms with Crippen LogP contribution in [0.25, 0.3) is 0 Å². The standard InChI is InChI=1S/C25H40N6O3/c1-19(29(3)22(5-4-16-32)25(34)26-2)24-21(18-33)6-7-23(28-24)31-12-8-20(9-13-31)17-30-14-10-27-11-15-30/h6-7,16,18-20,22,27H,4-5,8-15,17H2,1-3H3,(H,26,34). The third kappa shape index (κ3) is 6.61. The highest BCUT2D eigenvalue weighted by Crippen LogP contribution is 2.28. The molecule has 0 aromatic carbocycles. The number of rotatable bonds is 11. The summed E-state index contributed by atoms with van der Waals surface area (Å²) >= 11 is 0. The summed E-state index contributed by atoms with van der Waals surface area (Å²) in [6.07, 6.45) is 4.64. The molecule has 0 saturated carbocycles. The average molecular weight is 473 g/mol. The predicted octanol–water partition coefficient (Wildman–Crippen LogP) is 1.10. The maximum absolute atomic E-state index is 12.5. The maximum atomic E-state index is 12.5. The van der Waals surface area contributed by atoms with Gasteiger partial charge >= 0.3 is 0 Å². The molecule has 2 unspecified atom stereocenters. The second-order valence-electron chi connectivity index (χ2n) is 9.46. The van der Waals surface area contributed by atoms with Crippen LogP contribution in [0, 0.1) is 5.92 Å². The largest absolute Gasteiger partial charge is 0.358 e. The molecule has 188 valence electrons. The Morgan fingerprint density at radius 3 is 2.56 bits per heavy atom. The first-order chi connectivity index (χ1) is 16.5. The highest BCUT2D eigenvalue weighted by Gasteiger charge is 2.29. The number of hydrogen-bond donors (Lipinski definition) is 2. The number of pyridine rings is 1. The van der Waals surface area contributed by atoms with Gasteiger partial charge in [-0.3, -0.25) is 14.5 Å². The smallest absolute Gasteiger partial charge is 0.237 e. The maximum Gasteiger partial charge on any atom is 0.237 e. The molecule has 2 atom stereocenters. The minimum absolute atomic E-state index is 0.147. The summed E-state index contributed by atoms with van der Waals surface area (Å²) in [6.45, 7) is 9.45. The van der Waals surface area contributed by atoms with E-state index in [4.69, 9.17) is 4.98 Å². The summed E-state index contributed by atoms with van der Waals surface area (Å²) < 4.78 is 0. The SMILES string of the molecule is CNC(=O)C(CCC=O)N(C)C(C)c1nc(N2CCC(CN3CCNCC3)CC2)ccc1C=O. The Labute approximate surface area is 203 Å². The van der Waals surface area contributed by atoms with Crippen molar-refractivity contribution in [2.75, 3.05) is 64.8 Å². The summed E-state index contributed by atoms with van der Waals surface area (Å²) in [7, 11) is 3.44. The minimum Gasteiger partial charge on any atom is -0.358 e. The fourth-order valence-corrected chi connectivity index (χ4v) is 5.06. The third-order valence-corrected chi connectivity index (χ3v) is 7.34. The minimum atomic E-state index is -0.476. The zero-order chi connectivity index (χ0) is 24.5. The molecule has 2 saturated heterocycles. The quantitative estimate of drug-likeness (QED) is 0.462. The van der Waals surface area contributed by atoms with Crippen molar-refractivity contribution in [3.05, 3.63) is 23.4 Å². The molecule has 0 aliphatic carbocycles. The van der Waals surface area contributed by atoms with E-state index in [0.29, 0.717) is 30.0 Å². The van der Waals surface area contributed by atoms with Gasteiger partial charge in [0.25, 0.3) is 0 Å². The molecular weight excluding hydrogens is 432 g/mol. The van der Waals surface area contributed by atoms with Crippen LogP contribution in [-0.2, 0) is 9.59 Å². The Morgan fingerprint density at radius 1 is 1.24 bits per heavy atom. The van der Waals surface area contributed by atoms with Gasteiger partial charge in [0.05, 0.1) is 17.8 Å². The first-order valence-electron chi connectivity index (χ1n) is 12.5. The molecule has 1 amide bonds. The Hall–Kier alpha value is -2.36. The number of nitrogens with zero attached hydrogens (tertiary/aromatic N) is 4. The molecule has 2 aliphatic rings. The van der Waals surface area contributed by atoms with Gasteiger partial charge in [-0.2, -0.15) is 0 Å². The number of amides is 1. The summed E-state index contributed by atoms with van der Waals surface area (Å²) in [4.78, 5) is 46.9. The van der Waals surface area contributed by atoms with Crippen LogP contribution < -0.4 is 15.5 Å². The van der Waals surface area contributed by atoms with Crippen molar-refractivity contribution in [2.24, 2.45) is 5.92 Å². The molecular formula is C25H40N6O3. The molecule has 1 aromatic heterocycles. The van der Waals surface area contributed by atoms with Gasteiger partial charge in [-0.05, 0) is 51.3 Å². The number of aldehydes is 2. The van der Waals surface area contributed by atoms with E-state index >= 15 is 0 Å². The Morgan fingerprint density at radius 2 is 1.94 bits per heavy atom. The Kier molecular flexibility index (Phi) is 9.98. The number of piperazine rings is 1. The number of carbonyl (C=O) groups is 3. The Balaban J connectivity index is 1.69. The molecule has 1 aromatic rings. The van der Waals surface area contributed by atoms with Gasteiger partial charge < -0.3 is 25.2 Å². The van der Waals surface area contributed by atoms with Crippen molar-refractivity contribution in [1.29, 1.82) is 0 Å². The fraction of sp³-hybridized carbons (Fsp3) is 0.680. The average Bonchev–Trinajstić information content (AvgIpc) is 2.88. The lowest BCUT2D eigenvalue weighted by atomic mass is 9.95. The Bertz CT molecular complexity index is 821. The van der Waals surface area contributed by atoms with Crippen LogP contribution in [0.5, 0.6) is 0 Å².